The molecule has 0 N–H and O–H groups in total. The molecule has 0 aliphatic heterocycles. The van der Waals surface area contributed by atoms with Crippen LogP contribution in [0.2, 0.25) is 0 Å². The third kappa shape index (κ3) is 1.84. The van der Waals surface area contributed by atoms with E-state index in [0.29, 0.717) is 5.56 Å². The number of benzene rings is 1. The van der Waals surface area contributed by atoms with E-state index >= 15 is 0 Å². The largest absolute Gasteiger partial charge is 0.465 e. The summed E-state index contributed by atoms with van der Waals surface area (Å²) in [5, 5.41) is 0. The van der Waals surface area contributed by atoms with Crippen molar-refractivity contribution in [1.29, 1.82) is 0 Å². The Morgan fingerprint density at radius 1 is 1.25 bits per heavy atom. The third-order valence-corrected chi connectivity index (χ3v) is 2.50. The van der Waals surface area contributed by atoms with Crippen LogP contribution in [-0.4, -0.2) is 17.6 Å². The zero-order chi connectivity index (χ0) is 11.5. The monoisotopic (exact) mass is 215 g/mol. The molecule has 0 saturated heterocycles. The molecular weight excluding hydrogens is 202 g/mol. The SMILES string of the molecule is COC(=O)c1ccc(-n2cccc2)c(C)c1. The molecule has 0 saturated carbocycles. The molecule has 0 unspecified atom stereocenters. The lowest BCUT2D eigenvalue weighted by atomic mass is 10.1. The maximum absolute atomic E-state index is 11.3. The van der Waals surface area contributed by atoms with Crippen molar-refractivity contribution in [2.75, 3.05) is 7.11 Å². The normalized spacial score (nSPS) is 10.1. The van der Waals surface area contributed by atoms with Crippen LogP contribution in [0.5, 0.6) is 0 Å². The van der Waals surface area contributed by atoms with Crippen molar-refractivity contribution in [1.82, 2.24) is 4.57 Å². The molecule has 0 aliphatic carbocycles. The van der Waals surface area contributed by atoms with Gasteiger partial charge < -0.3 is 9.30 Å². The fourth-order valence-corrected chi connectivity index (χ4v) is 1.69. The van der Waals surface area contributed by atoms with Crippen LogP contribution in [0.4, 0.5) is 0 Å². The van der Waals surface area contributed by atoms with E-state index in [0.717, 1.165) is 11.3 Å². The van der Waals surface area contributed by atoms with Gasteiger partial charge in [0.15, 0.2) is 0 Å². The van der Waals surface area contributed by atoms with Crippen molar-refractivity contribution in [2.45, 2.75) is 6.92 Å². The fraction of sp³-hybridized carbons (Fsp3) is 0.154. The lowest BCUT2D eigenvalue weighted by Crippen LogP contribution is -2.03. The molecule has 3 heteroatoms. The van der Waals surface area contributed by atoms with Gasteiger partial charge >= 0.3 is 5.97 Å². The second-order valence-electron chi connectivity index (χ2n) is 3.58. The van der Waals surface area contributed by atoms with E-state index in [2.05, 4.69) is 4.74 Å². The number of ether oxygens (including phenoxy) is 1. The number of hydrogen-bond acceptors (Lipinski definition) is 2. The first-order chi connectivity index (χ1) is 7.72. The molecule has 1 aromatic carbocycles. The topological polar surface area (TPSA) is 31.2 Å². The molecule has 3 nitrogen and oxygen atoms in total. The summed E-state index contributed by atoms with van der Waals surface area (Å²) in [6.45, 7) is 1.97. The first-order valence-corrected chi connectivity index (χ1v) is 5.04. The number of aryl methyl sites for hydroxylation is 1. The minimum Gasteiger partial charge on any atom is -0.465 e. The second kappa shape index (κ2) is 4.23. The third-order valence-electron chi connectivity index (χ3n) is 2.50. The van der Waals surface area contributed by atoms with Crippen molar-refractivity contribution < 1.29 is 9.53 Å². The Kier molecular flexibility index (Phi) is 2.77. The summed E-state index contributed by atoms with van der Waals surface area (Å²) in [5.74, 6) is -0.304. The highest BCUT2D eigenvalue weighted by atomic mass is 16.5. The van der Waals surface area contributed by atoms with E-state index < -0.39 is 0 Å². The zero-order valence-electron chi connectivity index (χ0n) is 9.31. The average molecular weight is 215 g/mol. The van der Waals surface area contributed by atoms with Crippen molar-refractivity contribution in [3.8, 4) is 5.69 Å². The van der Waals surface area contributed by atoms with Crippen LogP contribution in [0, 0.1) is 6.92 Å². The number of rotatable bonds is 2. The molecule has 0 radical (unpaired) electrons. The highest BCUT2D eigenvalue weighted by molar-refractivity contribution is 5.89. The van der Waals surface area contributed by atoms with Crippen LogP contribution in [0.1, 0.15) is 15.9 Å². The molecule has 0 bridgehead atoms. The zero-order valence-corrected chi connectivity index (χ0v) is 9.31. The Balaban J connectivity index is 2.41. The van der Waals surface area contributed by atoms with E-state index in [4.69, 9.17) is 0 Å². The highest BCUT2D eigenvalue weighted by Crippen LogP contribution is 2.16. The van der Waals surface area contributed by atoms with Crippen LogP contribution in [0.3, 0.4) is 0 Å². The average Bonchev–Trinajstić information content (AvgIpc) is 2.81. The van der Waals surface area contributed by atoms with Crippen molar-refractivity contribution >= 4 is 5.97 Å². The molecule has 0 atom stereocenters. The molecule has 0 spiro atoms. The van der Waals surface area contributed by atoms with Crippen LogP contribution in [-0.2, 0) is 4.74 Å². The Morgan fingerprint density at radius 2 is 1.94 bits per heavy atom. The number of hydrogen-bond donors (Lipinski definition) is 0. The minimum absolute atomic E-state index is 0.304. The molecule has 82 valence electrons. The van der Waals surface area contributed by atoms with E-state index in [1.165, 1.54) is 7.11 Å². The van der Waals surface area contributed by atoms with Gasteiger partial charge in [0.2, 0.25) is 0 Å². The smallest absolute Gasteiger partial charge is 0.337 e. The Labute approximate surface area is 94.3 Å². The first kappa shape index (κ1) is 10.5. The van der Waals surface area contributed by atoms with Gasteiger partial charge in [0.25, 0.3) is 0 Å². The minimum atomic E-state index is -0.304. The van der Waals surface area contributed by atoms with E-state index in [1.807, 2.05) is 48.1 Å². The number of carbonyl (C=O) groups is 1. The lowest BCUT2D eigenvalue weighted by molar-refractivity contribution is 0.0600. The van der Waals surface area contributed by atoms with Gasteiger partial charge in [0.1, 0.15) is 0 Å². The summed E-state index contributed by atoms with van der Waals surface area (Å²) in [5.41, 5.74) is 2.69. The highest BCUT2D eigenvalue weighted by Gasteiger charge is 2.07. The van der Waals surface area contributed by atoms with Crippen molar-refractivity contribution in [3.05, 3.63) is 53.9 Å². The van der Waals surface area contributed by atoms with Gasteiger partial charge in [-0.15, -0.1) is 0 Å². The molecular formula is C13H13NO2. The molecule has 0 aliphatic rings. The summed E-state index contributed by atoms with van der Waals surface area (Å²) in [6, 6.07) is 9.46. The summed E-state index contributed by atoms with van der Waals surface area (Å²) in [6.07, 6.45) is 3.94. The standard InChI is InChI=1S/C13H13NO2/c1-10-9-11(13(15)16-2)5-6-12(10)14-7-3-4-8-14/h3-9H,1-2H3. The molecule has 0 amide bonds. The van der Waals surface area contributed by atoms with Crippen LogP contribution in [0.25, 0.3) is 5.69 Å². The number of methoxy groups -OCH3 is 1. The Morgan fingerprint density at radius 3 is 2.50 bits per heavy atom. The van der Waals surface area contributed by atoms with Gasteiger partial charge in [-0.25, -0.2) is 4.79 Å². The maximum Gasteiger partial charge on any atom is 0.337 e. The quantitative estimate of drug-likeness (QED) is 0.721. The Bertz CT molecular complexity index is 501. The molecule has 2 aromatic rings. The molecule has 1 aromatic heterocycles. The molecule has 1 heterocycles. The fourth-order valence-electron chi connectivity index (χ4n) is 1.69. The lowest BCUT2D eigenvalue weighted by Gasteiger charge is -2.08. The van der Waals surface area contributed by atoms with Gasteiger partial charge in [0.05, 0.1) is 12.7 Å². The summed E-state index contributed by atoms with van der Waals surface area (Å²) >= 11 is 0. The summed E-state index contributed by atoms with van der Waals surface area (Å²) in [4.78, 5) is 11.3. The van der Waals surface area contributed by atoms with Gasteiger partial charge in [-0.2, -0.15) is 0 Å². The first-order valence-electron chi connectivity index (χ1n) is 5.04. The van der Waals surface area contributed by atoms with Crippen LogP contribution < -0.4 is 0 Å². The van der Waals surface area contributed by atoms with E-state index in [-0.39, 0.29) is 5.97 Å². The van der Waals surface area contributed by atoms with Gasteiger partial charge in [-0.1, -0.05) is 0 Å². The predicted molar refractivity (Wildman–Crippen MR) is 61.8 cm³/mol. The Hall–Kier alpha value is -2.03. The number of carbonyl (C=O) groups excluding carboxylic acids is 1. The van der Waals surface area contributed by atoms with Crippen molar-refractivity contribution in [3.63, 3.8) is 0 Å². The second-order valence-corrected chi connectivity index (χ2v) is 3.58. The van der Waals surface area contributed by atoms with Gasteiger partial charge in [0, 0.05) is 18.1 Å². The van der Waals surface area contributed by atoms with E-state index in [1.54, 1.807) is 6.07 Å². The molecule has 16 heavy (non-hydrogen) atoms. The van der Waals surface area contributed by atoms with Crippen molar-refractivity contribution in [2.24, 2.45) is 0 Å². The van der Waals surface area contributed by atoms with Gasteiger partial charge in [-0.3, -0.25) is 0 Å². The van der Waals surface area contributed by atoms with E-state index in [9.17, 15) is 4.79 Å². The number of esters is 1. The number of nitrogens with zero attached hydrogens (tertiary/aromatic N) is 1. The summed E-state index contributed by atoms with van der Waals surface area (Å²) in [7, 11) is 1.39. The predicted octanol–water partition coefficient (Wildman–Crippen LogP) is 2.57. The van der Waals surface area contributed by atoms with Crippen LogP contribution in [0.15, 0.2) is 42.7 Å². The maximum atomic E-state index is 11.3. The van der Waals surface area contributed by atoms with Gasteiger partial charge in [-0.05, 0) is 42.8 Å². The number of aromatic nitrogens is 1. The summed E-state index contributed by atoms with van der Waals surface area (Å²) < 4.78 is 6.69. The van der Waals surface area contributed by atoms with Crippen LogP contribution >= 0.6 is 0 Å². The molecule has 2 rings (SSSR count). The molecule has 0 fully saturated rings.